The van der Waals surface area contributed by atoms with Crippen molar-refractivity contribution >= 4 is 21.6 Å². The van der Waals surface area contributed by atoms with Crippen molar-refractivity contribution in [2.24, 2.45) is 4.36 Å². The van der Waals surface area contributed by atoms with Crippen molar-refractivity contribution in [2.75, 3.05) is 19.4 Å². The third-order valence-electron chi connectivity index (χ3n) is 6.30. The number of nitrogens with zero attached hydrogens (tertiary/aromatic N) is 2. The molecule has 0 saturated carbocycles. The van der Waals surface area contributed by atoms with E-state index in [0.29, 0.717) is 11.4 Å². The second-order valence-corrected chi connectivity index (χ2v) is 10.7. The molecule has 2 amide bonds. The topological polar surface area (TPSA) is 73.8 Å². The molecule has 30 heavy (non-hydrogen) atoms. The molecule has 3 aliphatic rings. The highest BCUT2D eigenvalue weighted by atomic mass is 32.2. The summed E-state index contributed by atoms with van der Waals surface area (Å²) in [4.78, 5) is 15.6. The van der Waals surface area contributed by atoms with Gasteiger partial charge in [-0.1, -0.05) is 18.2 Å². The Morgan fingerprint density at radius 2 is 1.77 bits per heavy atom. The maximum atomic E-state index is 13.5. The quantitative estimate of drug-likeness (QED) is 0.787. The van der Waals surface area contributed by atoms with Gasteiger partial charge in [-0.15, -0.1) is 4.36 Å². The minimum Gasteiger partial charge on any atom is -0.305 e. The fourth-order valence-corrected chi connectivity index (χ4v) is 6.74. The largest absolute Gasteiger partial charge is 0.354 e. The van der Waals surface area contributed by atoms with E-state index in [0.717, 1.165) is 61.9 Å². The molecule has 0 fully saturated rings. The second kappa shape index (κ2) is 7.48. The number of anilines is 1. The van der Waals surface area contributed by atoms with Crippen LogP contribution in [0.3, 0.4) is 0 Å². The summed E-state index contributed by atoms with van der Waals surface area (Å²) in [5.41, 5.74) is 8.26. The van der Waals surface area contributed by atoms with Crippen molar-refractivity contribution in [1.82, 2.24) is 9.62 Å². The molecule has 2 aromatic carbocycles. The van der Waals surface area contributed by atoms with E-state index in [1.807, 2.05) is 26.2 Å². The van der Waals surface area contributed by atoms with Gasteiger partial charge in [0.2, 0.25) is 0 Å². The smallest absolute Gasteiger partial charge is 0.305 e. The molecule has 1 aliphatic heterocycles. The summed E-state index contributed by atoms with van der Waals surface area (Å²) in [5, 5.41) is 3.03. The third-order valence-corrected chi connectivity index (χ3v) is 8.25. The van der Waals surface area contributed by atoms with Crippen molar-refractivity contribution in [3.05, 3.63) is 57.6 Å². The van der Waals surface area contributed by atoms with Crippen LogP contribution in [-0.4, -0.2) is 29.2 Å². The van der Waals surface area contributed by atoms with Crippen LogP contribution in [0.25, 0.3) is 0 Å². The van der Waals surface area contributed by atoms with Crippen LogP contribution < -0.4 is 10.0 Å². The first-order valence-corrected chi connectivity index (χ1v) is 12.2. The van der Waals surface area contributed by atoms with Gasteiger partial charge in [0.1, 0.15) is 9.92 Å². The van der Waals surface area contributed by atoms with E-state index in [1.54, 1.807) is 0 Å². The number of nitrogens with one attached hydrogen (secondary N) is 2. The Labute approximate surface area is 178 Å². The zero-order valence-corrected chi connectivity index (χ0v) is 18.4. The maximum absolute atomic E-state index is 13.5. The Morgan fingerprint density at radius 3 is 2.43 bits per heavy atom. The van der Waals surface area contributed by atoms with Crippen LogP contribution in [0.2, 0.25) is 0 Å². The highest BCUT2D eigenvalue weighted by Gasteiger charge is 2.28. The van der Waals surface area contributed by atoms with Gasteiger partial charge in [-0.05, 0) is 92.1 Å². The number of amides is 2. The summed E-state index contributed by atoms with van der Waals surface area (Å²) in [6.45, 7) is 1.28. The highest BCUT2D eigenvalue weighted by Crippen LogP contribution is 2.38. The van der Waals surface area contributed by atoms with Crippen LogP contribution in [0, 0.1) is 0 Å². The van der Waals surface area contributed by atoms with Crippen LogP contribution in [-0.2, 0) is 48.7 Å². The van der Waals surface area contributed by atoms with Crippen LogP contribution in [0.4, 0.5) is 10.5 Å². The van der Waals surface area contributed by atoms with Gasteiger partial charge in [0.05, 0.1) is 4.90 Å². The van der Waals surface area contributed by atoms with Gasteiger partial charge < -0.3 is 10.2 Å². The molecular weight excluding hydrogens is 396 g/mol. The zero-order valence-electron chi connectivity index (χ0n) is 17.6. The third kappa shape index (κ3) is 3.45. The molecule has 2 N–H and O–H groups in total. The Hall–Kier alpha value is -2.22. The van der Waals surface area contributed by atoms with Crippen LogP contribution >= 0.6 is 0 Å². The molecule has 158 valence electrons. The molecule has 5 rings (SSSR count). The van der Waals surface area contributed by atoms with Gasteiger partial charge in [0.15, 0.2) is 0 Å². The van der Waals surface area contributed by atoms with Gasteiger partial charge in [-0.25, -0.2) is 13.7 Å². The normalized spacial score (nSPS) is 21.4. The predicted octanol–water partition coefficient (Wildman–Crippen LogP) is 3.80. The Balaban J connectivity index is 1.45. The summed E-state index contributed by atoms with van der Waals surface area (Å²) in [6, 6.07) is 7.69. The van der Waals surface area contributed by atoms with Crippen molar-refractivity contribution < 1.29 is 9.00 Å². The number of aryl methyl sites for hydroxylation is 2. The van der Waals surface area contributed by atoms with Crippen LogP contribution in [0.15, 0.2) is 33.5 Å². The average Bonchev–Trinajstić information content (AvgIpc) is 3.40. The Bertz CT molecular complexity index is 1130. The number of hydrogen-bond donors (Lipinski definition) is 2. The van der Waals surface area contributed by atoms with Crippen LogP contribution in [0.5, 0.6) is 0 Å². The summed E-state index contributed by atoms with van der Waals surface area (Å²) >= 11 is 0. The standard InChI is InChI=1S/C23H28N4O2S/c1-27(2)14-15-9-10-21-18(11-15)13-24-30(21,29)26-23(28)25-22-19-7-3-5-16(19)12-17-6-4-8-20(17)22/h9-12H,3-8,13-14H2,1-2H3,(H2,24,25,26,28,29). The highest BCUT2D eigenvalue weighted by molar-refractivity contribution is 7.92. The lowest BCUT2D eigenvalue weighted by molar-refractivity contribution is 0.260. The van der Waals surface area contributed by atoms with Gasteiger partial charge in [-0.3, -0.25) is 0 Å². The molecule has 7 heteroatoms. The Morgan fingerprint density at radius 1 is 1.07 bits per heavy atom. The van der Waals surface area contributed by atoms with E-state index >= 15 is 0 Å². The summed E-state index contributed by atoms with van der Waals surface area (Å²) in [6.07, 6.45) is 6.37. The number of urea groups is 1. The molecular formula is C23H28N4O2S. The number of hydrogen-bond acceptors (Lipinski definition) is 3. The van der Waals surface area contributed by atoms with Gasteiger partial charge in [0.25, 0.3) is 0 Å². The number of fused-ring (bicyclic) bond motifs is 3. The second-order valence-electron chi connectivity index (χ2n) is 8.78. The monoisotopic (exact) mass is 424 g/mol. The van der Waals surface area contributed by atoms with E-state index in [-0.39, 0.29) is 0 Å². The van der Waals surface area contributed by atoms with Gasteiger partial charge in [0, 0.05) is 18.8 Å². The molecule has 6 nitrogen and oxygen atoms in total. The first-order valence-electron chi connectivity index (χ1n) is 10.7. The number of carbonyl (C=O) groups is 1. The summed E-state index contributed by atoms with van der Waals surface area (Å²) < 4.78 is 20.6. The van der Waals surface area contributed by atoms with Crippen molar-refractivity contribution in [1.29, 1.82) is 0 Å². The lowest BCUT2D eigenvalue weighted by Crippen LogP contribution is -2.19. The SMILES string of the molecule is CN(C)Cc1ccc2c(c1)CNS2(=O)=NC(=O)Nc1c2c(cc3c1CCC3)CCC2. The minimum absolute atomic E-state index is 0.461. The molecule has 0 radical (unpaired) electrons. The lowest BCUT2D eigenvalue weighted by Gasteiger charge is -2.15. The fourth-order valence-electron chi connectivity index (χ4n) is 5.05. The number of benzene rings is 2. The molecule has 2 aromatic rings. The molecule has 1 atom stereocenters. The summed E-state index contributed by atoms with van der Waals surface area (Å²) in [5.74, 6) is 0. The molecule has 1 unspecified atom stereocenters. The van der Waals surface area contributed by atoms with E-state index < -0.39 is 15.9 Å². The first-order chi connectivity index (χ1) is 14.4. The number of rotatable bonds is 3. The van der Waals surface area contributed by atoms with Crippen LogP contribution in [0.1, 0.15) is 46.2 Å². The first kappa shape index (κ1) is 19.7. The van der Waals surface area contributed by atoms with Gasteiger partial charge >= 0.3 is 6.03 Å². The zero-order chi connectivity index (χ0) is 20.9. The lowest BCUT2D eigenvalue weighted by atomic mass is 9.99. The molecule has 0 spiro atoms. The average molecular weight is 425 g/mol. The van der Waals surface area contributed by atoms with Crippen molar-refractivity contribution in [3.8, 4) is 0 Å². The van der Waals surface area contributed by atoms with E-state index in [1.165, 1.54) is 22.3 Å². The number of carbonyl (C=O) groups excluding carboxylic acids is 1. The summed E-state index contributed by atoms with van der Waals surface area (Å²) in [7, 11) is 1.08. The minimum atomic E-state index is -2.96. The maximum Gasteiger partial charge on any atom is 0.354 e. The predicted molar refractivity (Wildman–Crippen MR) is 119 cm³/mol. The van der Waals surface area contributed by atoms with E-state index in [4.69, 9.17) is 0 Å². The van der Waals surface area contributed by atoms with E-state index in [9.17, 15) is 9.00 Å². The van der Waals surface area contributed by atoms with Crippen molar-refractivity contribution in [3.63, 3.8) is 0 Å². The Kier molecular flexibility index (Phi) is 4.92. The molecule has 0 aromatic heterocycles. The molecule has 0 bridgehead atoms. The molecule has 1 heterocycles. The van der Waals surface area contributed by atoms with Crippen molar-refractivity contribution in [2.45, 2.75) is 56.5 Å². The molecule has 0 saturated heterocycles. The van der Waals surface area contributed by atoms with Gasteiger partial charge in [-0.2, -0.15) is 0 Å². The molecule has 2 aliphatic carbocycles. The fraction of sp³-hybridized carbons (Fsp3) is 0.435. The van der Waals surface area contributed by atoms with E-state index in [2.05, 4.69) is 31.4 Å².